The third kappa shape index (κ3) is 3.33. The summed E-state index contributed by atoms with van der Waals surface area (Å²) < 4.78 is 48.4. The van der Waals surface area contributed by atoms with Crippen molar-refractivity contribution in [3.63, 3.8) is 0 Å². The van der Waals surface area contributed by atoms with Crippen molar-refractivity contribution in [1.82, 2.24) is 4.57 Å². The average molecular weight is 336 g/mol. The molecule has 0 aliphatic heterocycles. The molecule has 0 spiro atoms. The normalized spacial score (nSPS) is 11.5. The maximum atomic E-state index is 12.7. The van der Waals surface area contributed by atoms with E-state index in [1.165, 1.54) is 12.1 Å². The maximum Gasteiger partial charge on any atom is 0.417 e. The number of pyridine rings is 1. The second kappa shape index (κ2) is 5.88. The van der Waals surface area contributed by atoms with Crippen LogP contribution in [0.25, 0.3) is 0 Å². The summed E-state index contributed by atoms with van der Waals surface area (Å²) in [7, 11) is 1.15. The summed E-state index contributed by atoms with van der Waals surface area (Å²) in [6.07, 6.45) is -4.01. The largest absolute Gasteiger partial charge is 0.463 e. The smallest absolute Gasteiger partial charge is 0.417 e. The van der Waals surface area contributed by atoms with Crippen molar-refractivity contribution in [3.8, 4) is 0 Å². The molecule has 9 heteroatoms. The van der Waals surface area contributed by atoms with Crippen LogP contribution in [0.4, 0.5) is 13.2 Å². The lowest BCUT2D eigenvalue weighted by Crippen LogP contribution is -2.23. The zero-order chi connectivity index (χ0) is 16.5. The zero-order valence-electron chi connectivity index (χ0n) is 11.1. The van der Waals surface area contributed by atoms with Crippen LogP contribution in [-0.4, -0.2) is 17.6 Å². The van der Waals surface area contributed by atoms with Gasteiger partial charge in [0.2, 0.25) is 5.76 Å². The van der Waals surface area contributed by atoms with E-state index >= 15 is 0 Å². The number of rotatable bonds is 3. The van der Waals surface area contributed by atoms with Crippen LogP contribution in [0.1, 0.15) is 21.9 Å². The van der Waals surface area contributed by atoms with E-state index in [1.807, 2.05) is 0 Å². The molecule has 22 heavy (non-hydrogen) atoms. The van der Waals surface area contributed by atoms with Gasteiger partial charge in [0.25, 0.3) is 5.56 Å². The lowest BCUT2D eigenvalue weighted by Gasteiger charge is -2.10. The molecule has 0 fully saturated rings. The number of esters is 1. The second-order valence-electron chi connectivity index (χ2n) is 4.27. The quantitative estimate of drug-likeness (QED) is 0.809. The number of carbonyl (C=O) groups is 1. The molecular formula is C13H9ClF3NO4. The summed E-state index contributed by atoms with van der Waals surface area (Å²) in [5, 5.41) is -0.561. The number of hydrogen-bond acceptors (Lipinski definition) is 4. The molecule has 0 aromatic carbocycles. The highest BCUT2D eigenvalue weighted by Crippen LogP contribution is 2.29. The van der Waals surface area contributed by atoms with Gasteiger partial charge in [-0.2, -0.15) is 13.2 Å². The van der Waals surface area contributed by atoms with Gasteiger partial charge in [-0.25, -0.2) is 4.79 Å². The van der Waals surface area contributed by atoms with Crippen LogP contribution >= 0.6 is 11.6 Å². The minimum Gasteiger partial charge on any atom is -0.463 e. The van der Waals surface area contributed by atoms with Crippen LogP contribution in [-0.2, 0) is 17.5 Å². The fourth-order valence-corrected chi connectivity index (χ4v) is 1.94. The molecule has 0 unspecified atom stereocenters. The third-order valence-corrected chi connectivity index (χ3v) is 3.01. The molecule has 0 saturated carbocycles. The maximum absolute atomic E-state index is 12.7. The van der Waals surface area contributed by atoms with E-state index in [0.29, 0.717) is 12.3 Å². The fraction of sp³-hybridized carbons (Fsp3) is 0.231. The molecule has 0 radical (unpaired) electrons. The molecule has 0 aliphatic carbocycles. The van der Waals surface area contributed by atoms with E-state index < -0.39 is 28.3 Å². The number of ether oxygens (including phenoxy) is 1. The molecular weight excluding hydrogens is 327 g/mol. The SMILES string of the molecule is COC(=O)c1ccc(Cn2cc(C(F)(F)F)cc(Cl)c2=O)o1. The Morgan fingerprint density at radius 2 is 2.09 bits per heavy atom. The molecule has 118 valence electrons. The van der Waals surface area contributed by atoms with Gasteiger partial charge >= 0.3 is 12.1 Å². The molecule has 2 aromatic heterocycles. The number of nitrogens with zero attached hydrogens (tertiary/aromatic N) is 1. The summed E-state index contributed by atoms with van der Waals surface area (Å²) in [5.74, 6) is -0.748. The first-order valence-corrected chi connectivity index (χ1v) is 6.24. The molecule has 2 rings (SSSR count). The van der Waals surface area contributed by atoms with Gasteiger partial charge in [0.05, 0.1) is 19.2 Å². The number of hydrogen-bond donors (Lipinski definition) is 0. The Hall–Kier alpha value is -2.22. The van der Waals surface area contributed by atoms with Crippen molar-refractivity contribution in [2.75, 3.05) is 7.11 Å². The van der Waals surface area contributed by atoms with Crippen molar-refractivity contribution in [2.45, 2.75) is 12.7 Å². The zero-order valence-corrected chi connectivity index (χ0v) is 11.9. The van der Waals surface area contributed by atoms with Crippen LogP contribution in [0.2, 0.25) is 5.02 Å². The number of halogens is 4. The highest BCUT2D eigenvalue weighted by Gasteiger charge is 2.32. The lowest BCUT2D eigenvalue weighted by atomic mass is 10.2. The van der Waals surface area contributed by atoms with Crippen LogP contribution in [0, 0.1) is 0 Å². The topological polar surface area (TPSA) is 61.4 Å². The highest BCUT2D eigenvalue weighted by atomic mass is 35.5. The van der Waals surface area contributed by atoms with Crippen molar-refractivity contribution in [3.05, 3.63) is 56.9 Å². The van der Waals surface area contributed by atoms with Gasteiger partial charge in [-0.3, -0.25) is 4.79 Å². The van der Waals surface area contributed by atoms with Gasteiger partial charge < -0.3 is 13.7 Å². The highest BCUT2D eigenvalue weighted by molar-refractivity contribution is 6.30. The van der Waals surface area contributed by atoms with Crippen LogP contribution in [0.15, 0.2) is 33.6 Å². The van der Waals surface area contributed by atoms with Crippen LogP contribution in [0.5, 0.6) is 0 Å². The van der Waals surface area contributed by atoms with Crippen LogP contribution in [0.3, 0.4) is 0 Å². The molecule has 0 aliphatic rings. The molecule has 0 bridgehead atoms. The predicted octanol–water partition coefficient (Wildman–Crippen LogP) is 2.95. The van der Waals surface area contributed by atoms with Crippen LogP contribution < -0.4 is 5.56 Å². The Bertz CT molecular complexity index is 763. The van der Waals surface area contributed by atoms with Gasteiger partial charge in [0.15, 0.2) is 0 Å². The van der Waals surface area contributed by atoms with E-state index in [4.69, 9.17) is 16.0 Å². The Labute approximate surface area is 126 Å². The minimum atomic E-state index is -4.64. The van der Waals surface area contributed by atoms with E-state index in [2.05, 4.69) is 4.74 Å². The van der Waals surface area contributed by atoms with Gasteiger partial charge in [0, 0.05) is 6.20 Å². The van der Waals surface area contributed by atoms with Crippen molar-refractivity contribution in [1.29, 1.82) is 0 Å². The number of aromatic nitrogens is 1. The van der Waals surface area contributed by atoms with Crippen molar-refractivity contribution in [2.24, 2.45) is 0 Å². The van der Waals surface area contributed by atoms with Gasteiger partial charge in [-0.1, -0.05) is 11.6 Å². The molecule has 0 atom stereocenters. The number of furan rings is 1. The van der Waals surface area contributed by atoms with E-state index in [1.54, 1.807) is 0 Å². The molecule has 0 saturated heterocycles. The molecule has 2 heterocycles. The third-order valence-electron chi connectivity index (χ3n) is 2.74. The predicted molar refractivity (Wildman–Crippen MR) is 69.9 cm³/mol. The Morgan fingerprint density at radius 1 is 1.41 bits per heavy atom. The Morgan fingerprint density at radius 3 is 2.68 bits per heavy atom. The fourth-order valence-electron chi connectivity index (χ4n) is 1.71. The van der Waals surface area contributed by atoms with Crippen molar-refractivity contribution < 1.29 is 27.1 Å². The molecule has 0 amide bonds. The molecule has 5 nitrogen and oxygen atoms in total. The second-order valence-corrected chi connectivity index (χ2v) is 4.67. The minimum absolute atomic E-state index is 0.109. The first kappa shape index (κ1) is 16.2. The Balaban J connectivity index is 2.37. The van der Waals surface area contributed by atoms with Gasteiger partial charge in [0.1, 0.15) is 10.8 Å². The first-order valence-electron chi connectivity index (χ1n) is 5.86. The molecule has 2 aromatic rings. The number of methoxy groups -OCH3 is 1. The van der Waals surface area contributed by atoms with Gasteiger partial charge in [-0.05, 0) is 18.2 Å². The number of carbonyl (C=O) groups excluding carboxylic acids is 1. The number of alkyl halides is 3. The average Bonchev–Trinajstić information content (AvgIpc) is 2.90. The summed E-state index contributed by atoms with van der Waals surface area (Å²) in [5.41, 5.74) is -1.86. The van der Waals surface area contributed by atoms with E-state index in [0.717, 1.165) is 11.7 Å². The first-order chi connectivity index (χ1) is 10.2. The monoisotopic (exact) mass is 335 g/mol. The summed E-state index contributed by atoms with van der Waals surface area (Å²) in [4.78, 5) is 23.0. The lowest BCUT2D eigenvalue weighted by molar-refractivity contribution is -0.138. The standard InChI is InChI=1S/C13H9ClF3NO4/c1-21-12(20)10-3-2-8(22-10)6-18-5-7(13(15,16)17)4-9(14)11(18)19/h2-5H,6H2,1H3. The van der Waals surface area contributed by atoms with E-state index in [9.17, 15) is 22.8 Å². The summed E-state index contributed by atoms with van der Waals surface area (Å²) >= 11 is 5.53. The van der Waals surface area contributed by atoms with Gasteiger partial charge in [-0.15, -0.1) is 0 Å². The summed E-state index contributed by atoms with van der Waals surface area (Å²) in [6.45, 7) is -0.306. The van der Waals surface area contributed by atoms with E-state index in [-0.39, 0.29) is 18.1 Å². The van der Waals surface area contributed by atoms with Crippen molar-refractivity contribution >= 4 is 17.6 Å². The Kier molecular flexibility index (Phi) is 4.32. The molecule has 0 N–H and O–H groups in total. The summed E-state index contributed by atoms with van der Waals surface area (Å²) in [6, 6.07) is 3.21.